The van der Waals surface area contributed by atoms with Crippen LogP contribution in [0.5, 0.6) is 11.5 Å². The number of nitrogens with one attached hydrogen (secondary N) is 1. The molecule has 26 heavy (non-hydrogen) atoms. The van der Waals surface area contributed by atoms with Crippen molar-refractivity contribution in [1.29, 1.82) is 0 Å². The van der Waals surface area contributed by atoms with Crippen molar-refractivity contribution >= 4 is 35.3 Å². The number of ether oxygens (including phenoxy) is 2. The molecule has 1 amide bonds. The first-order valence-corrected chi connectivity index (χ1v) is 9.64. The molecule has 0 fully saturated rings. The lowest BCUT2D eigenvalue weighted by atomic mass is 10.2. The third-order valence-corrected chi connectivity index (χ3v) is 4.67. The number of carbonyl (C=O) groups is 1. The van der Waals surface area contributed by atoms with E-state index < -0.39 is 0 Å². The summed E-state index contributed by atoms with van der Waals surface area (Å²) in [6.45, 7) is 2.98. The predicted molar refractivity (Wildman–Crippen MR) is 108 cm³/mol. The van der Waals surface area contributed by atoms with Gasteiger partial charge in [0.2, 0.25) is 5.91 Å². The molecule has 2 aromatic rings. The van der Waals surface area contributed by atoms with Gasteiger partial charge in [0, 0.05) is 23.3 Å². The van der Waals surface area contributed by atoms with Crippen molar-refractivity contribution in [2.45, 2.75) is 11.8 Å². The number of hydrogen-bond donors (Lipinski definition) is 1. The Hall–Kier alpha value is -2.11. The lowest BCUT2D eigenvalue weighted by Crippen LogP contribution is -2.23. The summed E-state index contributed by atoms with van der Waals surface area (Å²) in [5, 5.41) is 3.31. The Morgan fingerprint density at radius 3 is 2.73 bits per heavy atom. The second kappa shape index (κ2) is 10.8. The number of amides is 1. The molecule has 0 radical (unpaired) electrons. The highest BCUT2D eigenvalue weighted by atomic mass is 35.5. The van der Waals surface area contributed by atoms with Crippen molar-refractivity contribution in [3.63, 3.8) is 0 Å². The van der Waals surface area contributed by atoms with Crippen LogP contribution in [0.1, 0.15) is 12.5 Å². The van der Waals surface area contributed by atoms with Gasteiger partial charge in [0.15, 0.2) is 11.5 Å². The van der Waals surface area contributed by atoms with Crippen LogP contribution >= 0.6 is 23.4 Å². The number of methoxy groups -OCH3 is 1. The van der Waals surface area contributed by atoms with Crippen LogP contribution in [-0.2, 0) is 4.79 Å². The smallest absolute Gasteiger partial charge is 0.244 e. The zero-order chi connectivity index (χ0) is 18.8. The van der Waals surface area contributed by atoms with Gasteiger partial charge in [-0.3, -0.25) is 4.79 Å². The Bertz CT molecular complexity index is 750. The van der Waals surface area contributed by atoms with Crippen LogP contribution < -0.4 is 14.8 Å². The van der Waals surface area contributed by atoms with Crippen LogP contribution in [0.15, 0.2) is 53.4 Å². The van der Waals surface area contributed by atoms with Gasteiger partial charge in [-0.05, 0) is 42.8 Å². The summed E-state index contributed by atoms with van der Waals surface area (Å²) in [5.74, 6) is 1.71. The Kier molecular flexibility index (Phi) is 8.38. The molecule has 0 atom stereocenters. The van der Waals surface area contributed by atoms with Crippen LogP contribution in [0.25, 0.3) is 6.08 Å². The summed E-state index contributed by atoms with van der Waals surface area (Å²) >= 11 is 7.91. The number of hydrogen-bond acceptors (Lipinski definition) is 4. The van der Waals surface area contributed by atoms with E-state index in [1.807, 2.05) is 25.1 Å². The van der Waals surface area contributed by atoms with Gasteiger partial charge in [-0.15, -0.1) is 11.8 Å². The van der Waals surface area contributed by atoms with Crippen molar-refractivity contribution in [3.8, 4) is 11.5 Å². The Balaban J connectivity index is 1.87. The van der Waals surface area contributed by atoms with Crippen LogP contribution in [0.4, 0.5) is 0 Å². The lowest BCUT2D eigenvalue weighted by Gasteiger charge is -2.11. The highest BCUT2D eigenvalue weighted by molar-refractivity contribution is 7.99. The first-order chi connectivity index (χ1) is 12.6. The Morgan fingerprint density at radius 1 is 1.27 bits per heavy atom. The molecule has 0 saturated heterocycles. The number of halogens is 1. The molecule has 0 heterocycles. The van der Waals surface area contributed by atoms with Gasteiger partial charge in [-0.1, -0.05) is 29.8 Å². The van der Waals surface area contributed by atoms with E-state index >= 15 is 0 Å². The molecule has 0 aliphatic rings. The van der Waals surface area contributed by atoms with E-state index in [2.05, 4.69) is 17.4 Å². The van der Waals surface area contributed by atoms with Gasteiger partial charge in [0.1, 0.15) is 0 Å². The van der Waals surface area contributed by atoms with E-state index in [1.165, 1.54) is 11.0 Å². The highest BCUT2D eigenvalue weighted by Gasteiger charge is 2.10. The molecule has 2 rings (SSSR count). The first-order valence-electron chi connectivity index (χ1n) is 8.28. The minimum Gasteiger partial charge on any atom is -0.491 e. The lowest BCUT2D eigenvalue weighted by molar-refractivity contribution is -0.116. The van der Waals surface area contributed by atoms with Gasteiger partial charge in [-0.2, -0.15) is 0 Å². The zero-order valence-corrected chi connectivity index (χ0v) is 16.4. The number of thioether (sulfide) groups is 1. The molecule has 0 bridgehead atoms. The quantitative estimate of drug-likeness (QED) is 0.383. The molecule has 6 heteroatoms. The summed E-state index contributed by atoms with van der Waals surface area (Å²) in [6, 6.07) is 13.6. The van der Waals surface area contributed by atoms with Crippen LogP contribution in [0.3, 0.4) is 0 Å². The maximum atomic E-state index is 12.0. The number of carbonyl (C=O) groups excluding carboxylic acids is 1. The average molecular weight is 392 g/mol. The van der Waals surface area contributed by atoms with Gasteiger partial charge in [0.25, 0.3) is 0 Å². The van der Waals surface area contributed by atoms with E-state index in [4.69, 9.17) is 21.1 Å². The fourth-order valence-corrected chi connectivity index (χ4v) is 3.32. The van der Waals surface area contributed by atoms with Crippen LogP contribution in [0, 0.1) is 0 Å². The van der Waals surface area contributed by atoms with Gasteiger partial charge < -0.3 is 14.8 Å². The van der Waals surface area contributed by atoms with Crippen LogP contribution in [-0.4, -0.2) is 31.9 Å². The minimum atomic E-state index is -0.149. The second-order valence-electron chi connectivity index (χ2n) is 5.25. The molecule has 1 N–H and O–H groups in total. The van der Waals surface area contributed by atoms with Crippen molar-refractivity contribution in [2.24, 2.45) is 0 Å². The molecule has 0 aliphatic carbocycles. The third kappa shape index (κ3) is 6.32. The third-order valence-electron chi connectivity index (χ3n) is 3.38. The predicted octanol–water partition coefficient (Wildman–Crippen LogP) is 4.67. The Labute approximate surface area is 163 Å². The van der Waals surface area contributed by atoms with E-state index in [0.717, 1.165) is 11.3 Å². The molecular formula is C20H22ClNO3S. The number of rotatable bonds is 9. The highest BCUT2D eigenvalue weighted by Crippen LogP contribution is 2.36. The summed E-state index contributed by atoms with van der Waals surface area (Å²) in [4.78, 5) is 13.1. The SMILES string of the molecule is CCOc1cc(/C=C/C(=O)NCCSc2ccccc2)cc(Cl)c1OC. The first kappa shape index (κ1) is 20.2. The van der Waals surface area contributed by atoms with Crippen molar-refractivity contribution in [3.05, 3.63) is 59.1 Å². The van der Waals surface area contributed by atoms with Gasteiger partial charge in [0.05, 0.1) is 18.7 Å². The summed E-state index contributed by atoms with van der Waals surface area (Å²) in [7, 11) is 1.54. The summed E-state index contributed by atoms with van der Waals surface area (Å²) in [5.41, 5.74) is 0.771. The summed E-state index contributed by atoms with van der Waals surface area (Å²) < 4.78 is 10.8. The maximum absolute atomic E-state index is 12.0. The average Bonchev–Trinajstić information content (AvgIpc) is 2.64. The standard InChI is InChI=1S/C20H22ClNO3S/c1-3-25-18-14-15(13-17(21)20(18)24-2)9-10-19(23)22-11-12-26-16-7-5-4-6-8-16/h4-10,13-14H,3,11-12H2,1-2H3,(H,22,23)/b10-9+. The fourth-order valence-electron chi connectivity index (χ4n) is 2.24. The number of benzene rings is 2. The van der Waals surface area contributed by atoms with Crippen molar-refractivity contribution in [1.82, 2.24) is 5.32 Å². The van der Waals surface area contributed by atoms with E-state index in [0.29, 0.717) is 29.7 Å². The van der Waals surface area contributed by atoms with Gasteiger partial charge in [-0.25, -0.2) is 0 Å². The summed E-state index contributed by atoms with van der Waals surface area (Å²) in [6.07, 6.45) is 3.19. The molecule has 0 unspecified atom stereocenters. The molecule has 0 spiro atoms. The molecule has 4 nitrogen and oxygen atoms in total. The monoisotopic (exact) mass is 391 g/mol. The Morgan fingerprint density at radius 2 is 2.04 bits per heavy atom. The molecule has 0 aliphatic heterocycles. The largest absolute Gasteiger partial charge is 0.491 e. The van der Waals surface area contributed by atoms with Crippen molar-refractivity contribution < 1.29 is 14.3 Å². The van der Waals surface area contributed by atoms with Crippen LogP contribution in [0.2, 0.25) is 5.02 Å². The minimum absolute atomic E-state index is 0.149. The second-order valence-corrected chi connectivity index (χ2v) is 6.83. The van der Waals surface area contributed by atoms with E-state index in [-0.39, 0.29) is 5.91 Å². The fraction of sp³-hybridized carbons (Fsp3) is 0.250. The van der Waals surface area contributed by atoms with E-state index in [9.17, 15) is 4.79 Å². The molecule has 138 valence electrons. The van der Waals surface area contributed by atoms with E-state index in [1.54, 1.807) is 37.1 Å². The topological polar surface area (TPSA) is 47.6 Å². The molecular weight excluding hydrogens is 370 g/mol. The van der Waals surface area contributed by atoms with Gasteiger partial charge >= 0.3 is 0 Å². The molecule has 0 aromatic heterocycles. The maximum Gasteiger partial charge on any atom is 0.244 e. The molecule has 0 saturated carbocycles. The zero-order valence-electron chi connectivity index (χ0n) is 14.8. The van der Waals surface area contributed by atoms with Crippen molar-refractivity contribution in [2.75, 3.05) is 26.0 Å². The normalized spacial score (nSPS) is 10.7. The molecule has 2 aromatic carbocycles.